The molecule has 0 bridgehead atoms. The summed E-state index contributed by atoms with van der Waals surface area (Å²) >= 11 is 1.55. The van der Waals surface area contributed by atoms with Gasteiger partial charge in [0, 0.05) is 36.6 Å². The molecule has 8 heteroatoms. The minimum Gasteiger partial charge on any atom is -0.481 e. The Morgan fingerprint density at radius 2 is 2.04 bits per heavy atom. The van der Waals surface area contributed by atoms with Gasteiger partial charge in [0.1, 0.15) is 0 Å². The molecule has 1 saturated heterocycles. The van der Waals surface area contributed by atoms with Gasteiger partial charge in [0.15, 0.2) is 0 Å². The second kappa shape index (κ2) is 6.39. The number of alkyl halides is 3. The van der Waals surface area contributed by atoms with Gasteiger partial charge < -0.3 is 5.11 Å². The van der Waals surface area contributed by atoms with E-state index in [0.717, 1.165) is 22.7 Å². The quantitative estimate of drug-likeness (QED) is 0.905. The molecule has 23 heavy (non-hydrogen) atoms. The van der Waals surface area contributed by atoms with Crippen molar-refractivity contribution in [3.05, 3.63) is 16.1 Å². The molecule has 0 spiro atoms. The summed E-state index contributed by atoms with van der Waals surface area (Å²) in [5.74, 6) is -4.05. The lowest BCUT2D eigenvalue weighted by Gasteiger charge is -2.18. The molecule has 1 saturated carbocycles. The van der Waals surface area contributed by atoms with Crippen molar-refractivity contribution in [3.8, 4) is 0 Å². The Morgan fingerprint density at radius 1 is 1.35 bits per heavy atom. The van der Waals surface area contributed by atoms with Gasteiger partial charge in [-0.15, -0.1) is 11.3 Å². The highest BCUT2D eigenvalue weighted by Crippen LogP contribution is 2.39. The van der Waals surface area contributed by atoms with Gasteiger partial charge in [0.05, 0.1) is 16.8 Å². The van der Waals surface area contributed by atoms with Crippen LogP contribution < -0.4 is 0 Å². The number of hydrogen-bond donors (Lipinski definition) is 1. The molecule has 3 rings (SSSR count). The third-order valence-corrected chi connectivity index (χ3v) is 5.93. The summed E-state index contributed by atoms with van der Waals surface area (Å²) in [4.78, 5) is 18.0. The molecular formula is C15H19F3N2O2S. The minimum atomic E-state index is -4.47. The van der Waals surface area contributed by atoms with Gasteiger partial charge in [-0.3, -0.25) is 9.69 Å². The van der Waals surface area contributed by atoms with Crippen LogP contribution in [0.2, 0.25) is 0 Å². The first-order chi connectivity index (χ1) is 10.8. The molecule has 4 nitrogen and oxygen atoms in total. The van der Waals surface area contributed by atoms with Crippen LogP contribution in [-0.4, -0.2) is 40.2 Å². The van der Waals surface area contributed by atoms with Crippen molar-refractivity contribution in [1.82, 2.24) is 9.88 Å². The molecule has 1 N–H and O–H groups in total. The lowest BCUT2D eigenvalue weighted by Crippen LogP contribution is -2.33. The normalized spacial score (nSPS) is 26.9. The van der Waals surface area contributed by atoms with Crippen molar-refractivity contribution in [3.63, 3.8) is 0 Å². The summed E-state index contributed by atoms with van der Waals surface area (Å²) in [7, 11) is 0. The van der Waals surface area contributed by atoms with E-state index in [2.05, 4.69) is 4.98 Å². The number of rotatable bonds is 4. The Bertz CT molecular complexity index is 569. The van der Waals surface area contributed by atoms with E-state index < -0.39 is 24.0 Å². The summed E-state index contributed by atoms with van der Waals surface area (Å²) in [5.41, 5.74) is 0. The van der Waals surface area contributed by atoms with Gasteiger partial charge >= 0.3 is 12.1 Å². The van der Waals surface area contributed by atoms with Gasteiger partial charge in [-0.2, -0.15) is 13.2 Å². The molecule has 1 aliphatic heterocycles. The van der Waals surface area contributed by atoms with Crippen LogP contribution in [0.25, 0.3) is 0 Å². The maximum Gasteiger partial charge on any atom is 0.393 e. The Morgan fingerprint density at radius 3 is 2.61 bits per heavy atom. The van der Waals surface area contributed by atoms with Gasteiger partial charge in [-0.05, 0) is 12.8 Å². The minimum absolute atomic E-state index is 0.0594. The molecule has 0 radical (unpaired) electrons. The fourth-order valence-corrected chi connectivity index (χ4v) is 4.70. The molecule has 1 aromatic rings. The number of hydrogen-bond acceptors (Lipinski definition) is 4. The van der Waals surface area contributed by atoms with E-state index in [0.29, 0.717) is 12.5 Å². The van der Waals surface area contributed by atoms with Crippen LogP contribution >= 0.6 is 11.3 Å². The van der Waals surface area contributed by atoms with E-state index >= 15 is 0 Å². The summed E-state index contributed by atoms with van der Waals surface area (Å²) in [6.07, 6.45) is 1.94. The number of aliphatic carboxylic acids is 1. The van der Waals surface area contributed by atoms with Crippen molar-refractivity contribution < 1.29 is 23.1 Å². The van der Waals surface area contributed by atoms with Crippen molar-refractivity contribution in [2.24, 2.45) is 11.8 Å². The molecule has 1 aliphatic carbocycles. The molecule has 2 aliphatic rings. The van der Waals surface area contributed by atoms with Crippen molar-refractivity contribution >= 4 is 17.3 Å². The summed E-state index contributed by atoms with van der Waals surface area (Å²) in [6, 6.07) is 0. The SMILES string of the molecule is O=C(O)[C@@H]1CN(Cc2cnc(C3CCCC3)s2)C[C@H]1C(F)(F)F. The summed E-state index contributed by atoms with van der Waals surface area (Å²) < 4.78 is 39.0. The predicted octanol–water partition coefficient (Wildman–Crippen LogP) is 3.50. The van der Waals surface area contributed by atoms with Crippen molar-refractivity contribution in [2.75, 3.05) is 13.1 Å². The van der Waals surface area contributed by atoms with Gasteiger partial charge in [-0.1, -0.05) is 12.8 Å². The highest BCUT2D eigenvalue weighted by Gasteiger charge is 2.52. The number of carboxylic acids is 1. The Kier molecular flexibility index (Phi) is 4.64. The number of carboxylic acid groups (broad SMARTS) is 1. The number of nitrogens with zero attached hydrogens (tertiary/aromatic N) is 2. The molecule has 2 heterocycles. The number of carbonyl (C=O) groups is 1. The molecule has 128 valence electrons. The lowest BCUT2D eigenvalue weighted by molar-refractivity contribution is -0.188. The fraction of sp³-hybridized carbons (Fsp3) is 0.733. The maximum atomic E-state index is 13.0. The number of thiazole rings is 1. The van der Waals surface area contributed by atoms with E-state index in [4.69, 9.17) is 5.11 Å². The Balaban J connectivity index is 1.65. The Labute approximate surface area is 136 Å². The van der Waals surface area contributed by atoms with Gasteiger partial charge in [0.25, 0.3) is 0 Å². The first-order valence-electron chi connectivity index (χ1n) is 7.81. The van der Waals surface area contributed by atoms with Crippen LogP contribution in [0.5, 0.6) is 0 Å². The van der Waals surface area contributed by atoms with Crippen LogP contribution in [0.15, 0.2) is 6.20 Å². The largest absolute Gasteiger partial charge is 0.481 e. The van der Waals surface area contributed by atoms with Crippen molar-refractivity contribution in [2.45, 2.75) is 44.3 Å². The summed E-state index contributed by atoms with van der Waals surface area (Å²) in [6.45, 7) is 0.0358. The van der Waals surface area contributed by atoms with Crippen LogP contribution in [0, 0.1) is 11.8 Å². The zero-order chi connectivity index (χ0) is 16.6. The van der Waals surface area contributed by atoms with Crippen molar-refractivity contribution in [1.29, 1.82) is 0 Å². The van der Waals surface area contributed by atoms with E-state index in [1.165, 1.54) is 12.8 Å². The second-order valence-electron chi connectivity index (χ2n) is 6.43. The number of halogens is 3. The maximum absolute atomic E-state index is 13.0. The average molecular weight is 348 g/mol. The first kappa shape index (κ1) is 16.7. The fourth-order valence-electron chi connectivity index (χ4n) is 3.57. The molecule has 1 aromatic heterocycles. The molecule has 0 amide bonds. The highest BCUT2D eigenvalue weighted by atomic mass is 32.1. The molecule has 0 unspecified atom stereocenters. The zero-order valence-electron chi connectivity index (χ0n) is 12.6. The lowest BCUT2D eigenvalue weighted by atomic mass is 9.96. The van der Waals surface area contributed by atoms with E-state index in [1.54, 1.807) is 22.4 Å². The zero-order valence-corrected chi connectivity index (χ0v) is 13.4. The van der Waals surface area contributed by atoms with E-state index in [-0.39, 0.29) is 13.1 Å². The topological polar surface area (TPSA) is 53.4 Å². The molecule has 0 aromatic carbocycles. The average Bonchev–Trinajstić information content (AvgIpc) is 3.17. The third-order valence-electron chi connectivity index (χ3n) is 4.79. The standard InChI is InChI=1S/C15H19F3N2O2S/c16-15(17,18)12-8-20(7-11(12)14(21)22)6-10-5-19-13(23-10)9-3-1-2-4-9/h5,9,11-12H,1-4,6-8H2,(H,21,22)/t11-,12-/m1/s1. The highest BCUT2D eigenvalue weighted by molar-refractivity contribution is 7.11. The number of aromatic nitrogens is 1. The number of likely N-dealkylation sites (tertiary alicyclic amines) is 1. The second-order valence-corrected chi connectivity index (χ2v) is 7.58. The smallest absolute Gasteiger partial charge is 0.393 e. The molecular weight excluding hydrogens is 329 g/mol. The van der Waals surface area contributed by atoms with E-state index in [1.807, 2.05) is 0 Å². The Hall–Kier alpha value is -1.15. The van der Waals surface area contributed by atoms with Crippen LogP contribution in [-0.2, 0) is 11.3 Å². The monoisotopic (exact) mass is 348 g/mol. The van der Waals surface area contributed by atoms with Gasteiger partial charge in [0.2, 0.25) is 0 Å². The predicted molar refractivity (Wildman–Crippen MR) is 79.3 cm³/mol. The summed E-state index contributed by atoms with van der Waals surface area (Å²) in [5, 5.41) is 10.1. The van der Waals surface area contributed by atoms with Crippen LogP contribution in [0.1, 0.15) is 41.5 Å². The molecule has 2 atom stereocenters. The third kappa shape index (κ3) is 3.68. The molecule has 2 fully saturated rings. The van der Waals surface area contributed by atoms with Gasteiger partial charge in [-0.25, -0.2) is 4.98 Å². The van der Waals surface area contributed by atoms with E-state index in [9.17, 15) is 18.0 Å². The van der Waals surface area contributed by atoms with Crippen LogP contribution in [0.3, 0.4) is 0 Å². The van der Waals surface area contributed by atoms with Crippen LogP contribution in [0.4, 0.5) is 13.2 Å². The first-order valence-corrected chi connectivity index (χ1v) is 8.62.